The number of hydrogen-bond donors (Lipinski definition) is 2. The molecule has 2 aromatic rings. The van der Waals surface area contributed by atoms with Crippen LogP contribution in [0.1, 0.15) is 41.3 Å². The average Bonchev–Trinajstić information content (AvgIpc) is 2.99. The molecule has 2 amide bonds. The summed E-state index contributed by atoms with van der Waals surface area (Å²) < 4.78 is 1.93. The Kier molecular flexibility index (Phi) is 4.33. The second-order valence-electron chi connectivity index (χ2n) is 7.34. The molecule has 0 aromatic carbocycles. The highest BCUT2D eigenvalue weighted by atomic mass is 16.2. The molecule has 1 aliphatic heterocycles. The zero-order valence-corrected chi connectivity index (χ0v) is 15.7. The Balaban J connectivity index is 1.58. The Morgan fingerprint density at radius 3 is 2.67 bits per heavy atom. The maximum atomic E-state index is 11.7. The van der Waals surface area contributed by atoms with Gasteiger partial charge in [0.2, 0.25) is 11.9 Å². The smallest absolute Gasteiger partial charge is 0.250 e. The van der Waals surface area contributed by atoms with E-state index in [0.717, 1.165) is 61.3 Å². The first-order valence-corrected chi connectivity index (χ1v) is 9.30. The number of nitrogens with two attached hydrogens (primary N) is 1. The number of nitrogens with zero attached hydrogens (tertiary/aromatic N) is 4. The summed E-state index contributed by atoms with van der Waals surface area (Å²) in [4.78, 5) is 34.3. The van der Waals surface area contributed by atoms with Gasteiger partial charge in [-0.15, -0.1) is 0 Å². The fourth-order valence-corrected chi connectivity index (χ4v) is 4.10. The van der Waals surface area contributed by atoms with Crippen molar-refractivity contribution in [2.45, 2.75) is 38.6 Å². The van der Waals surface area contributed by atoms with Crippen LogP contribution in [0, 0.1) is 0 Å². The highest BCUT2D eigenvalue weighted by molar-refractivity contribution is 5.96. The van der Waals surface area contributed by atoms with Crippen LogP contribution in [-0.2, 0) is 24.7 Å². The van der Waals surface area contributed by atoms with E-state index in [1.807, 2.05) is 22.7 Å². The number of carbonyl (C=O) groups is 2. The Labute approximate surface area is 157 Å². The van der Waals surface area contributed by atoms with Crippen molar-refractivity contribution in [2.24, 2.45) is 12.8 Å². The Morgan fingerprint density at radius 2 is 2.00 bits per heavy atom. The van der Waals surface area contributed by atoms with Gasteiger partial charge in [-0.3, -0.25) is 9.59 Å². The van der Waals surface area contributed by atoms with Gasteiger partial charge in [0.05, 0.1) is 17.0 Å². The molecule has 142 valence electrons. The van der Waals surface area contributed by atoms with Crippen LogP contribution < -0.4 is 11.1 Å². The van der Waals surface area contributed by atoms with Crippen LogP contribution in [0.4, 0.5) is 5.95 Å². The topological polar surface area (TPSA) is 106 Å². The third kappa shape index (κ3) is 3.15. The van der Waals surface area contributed by atoms with Gasteiger partial charge in [0.1, 0.15) is 0 Å². The van der Waals surface area contributed by atoms with Gasteiger partial charge in [0, 0.05) is 45.5 Å². The lowest BCUT2D eigenvalue weighted by atomic mass is 9.92. The Hall–Kier alpha value is -2.90. The minimum Gasteiger partial charge on any atom is -0.366 e. The number of piperidine rings is 1. The van der Waals surface area contributed by atoms with E-state index in [2.05, 4.69) is 10.3 Å². The van der Waals surface area contributed by atoms with Crippen molar-refractivity contribution < 1.29 is 9.59 Å². The molecule has 0 atom stereocenters. The van der Waals surface area contributed by atoms with Gasteiger partial charge in [0.25, 0.3) is 5.91 Å². The number of nitrogens with one attached hydrogen (secondary N) is 1. The number of fused-ring (bicyclic) bond motifs is 3. The molecule has 27 heavy (non-hydrogen) atoms. The van der Waals surface area contributed by atoms with Crippen LogP contribution in [0.25, 0.3) is 11.4 Å². The summed E-state index contributed by atoms with van der Waals surface area (Å²) in [5.74, 6) is 0.310. The van der Waals surface area contributed by atoms with Gasteiger partial charge >= 0.3 is 0 Å². The lowest BCUT2D eigenvalue weighted by Crippen LogP contribution is -2.41. The molecule has 0 radical (unpaired) electrons. The fraction of sp³-hybridized carbons (Fsp3) is 0.474. The standard InChI is InChI=1S/C19H24N6O2/c1-11(26)25-7-5-13(6-8-25)22-19-21-9-12-3-4-14-15(18(20)27)10-24(2)17(14)16(12)23-19/h9-10,13H,3-8H2,1-2H3,(H2,20,27)(H,21,22,23). The van der Waals surface area contributed by atoms with Crippen molar-refractivity contribution in [2.75, 3.05) is 18.4 Å². The highest BCUT2D eigenvalue weighted by Gasteiger charge is 2.27. The van der Waals surface area contributed by atoms with Crippen LogP contribution in [0.3, 0.4) is 0 Å². The van der Waals surface area contributed by atoms with E-state index in [0.29, 0.717) is 11.5 Å². The second-order valence-corrected chi connectivity index (χ2v) is 7.34. The second kappa shape index (κ2) is 6.68. The summed E-state index contributed by atoms with van der Waals surface area (Å²) in [5.41, 5.74) is 9.97. The molecular weight excluding hydrogens is 344 g/mol. The van der Waals surface area contributed by atoms with Crippen molar-refractivity contribution >= 4 is 17.8 Å². The molecule has 2 aromatic heterocycles. The number of primary amides is 1. The third-order valence-electron chi connectivity index (χ3n) is 5.56. The van der Waals surface area contributed by atoms with Crippen molar-refractivity contribution in [3.05, 3.63) is 29.1 Å². The summed E-state index contributed by atoms with van der Waals surface area (Å²) in [5, 5.41) is 3.41. The van der Waals surface area contributed by atoms with E-state index in [-0.39, 0.29) is 11.9 Å². The van der Waals surface area contributed by atoms with Crippen LogP contribution in [-0.4, -0.2) is 50.4 Å². The molecule has 1 aliphatic carbocycles. The number of aryl methyl sites for hydroxylation is 2. The minimum atomic E-state index is -0.403. The van der Waals surface area contributed by atoms with Crippen molar-refractivity contribution in [1.29, 1.82) is 0 Å². The van der Waals surface area contributed by atoms with Gasteiger partial charge in [-0.1, -0.05) is 0 Å². The largest absolute Gasteiger partial charge is 0.366 e. The van der Waals surface area contributed by atoms with E-state index in [1.54, 1.807) is 13.1 Å². The van der Waals surface area contributed by atoms with Crippen molar-refractivity contribution in [1.82, 2.24) is 19.4 Å². The molecule has 1 fully saturated rings. The predicted molar refractivity (Wildman–Crippen MR) is 101 cm³/mol. The number of amides is 2. The number of likely N-dealkylation sites (tertiary alicyclic amines) is 1. The Bertz CT molecular complexity index is 911. The Morgan fingerprint density at radius 1 is 1.26 bits per heavy atom. The van der Waals surface area contributed by atoms with Gasteiger partial charge in [0.15, 0.2) is 0 Å². The summed E-state index contributed by atoms with van der Waals surface area (Å²) in [6, 6.07) is 0.247. The lowest BCUT2D eigenvalue weighted by Gasteiger charge is -2.31. The molecule has 0 saturated carbocycles. The number of carbonyl (C=O) groups excluding carboxylic acids is 2. The van der Waals surface area contributed by atoms with Crippen molar-refractivity contribution in [3.63, 3.8) is 0 Å². The molecule has 0 bridgehead atoms. The number of aromatic nitrogens is 3. The molecule has 8 nitrogen and oxygen atoms in total. The van der Waals surface area contributed by atoms with Crippen LogP contribution >= 0.6 is 0 Å². The molecule has 0 spiro atoms. The van der Waals surface area contributed by atoms with E-state index in [1.165, 1.54) is 0 Å². The van der Waals surface area contributed by atoms with Gasteiger partial charge in [-0.2, -0.15) is 0 Å². The first-order chi connectivity index (χ1) is 12.9. The molecule has 3 heterocycles. The van der Waals surface area contributed by atoms with Crippen LogP contribution in [0.2, 0.25) is 0 Å². The van der Waals surface area contributed by atoms with Crippen LogP contribution in [0.15, 0.2) is 12.4 Å². The molecular formula is C19H24N6O2. The average molecular weight is 368 g/mol. The van der Waals surface area contributed by atoms with E-state index < -0.39 is 5.91 Å². The first-order valence-electron chi connectivity index (χ1n) is 9.30. The van der Waals surface area contributed by atoms with Gasteiger partial charge in [-0.05, 0) is 36.8 Å². The summed E-state index contributed by atoms with van der Waals surface area (Å²) in [7, 11) is 1.91. The zero-order chi connectivity index (χ0) is 19.1. The molecule has 3 N–H and O–H groups in total. The predicted octanol–water partition coefficient (Wildman–Crippen LogP) is 1.10. The number of hydrogen-bond acceptors (Lipinski definition) is 5. The van der Waals surface area contributed by atoms with Gasteiger partial charge in [-0.25, -0.2) is 9.97 Å². The maximum absolute atomic E-state index is 11.7. The normalized spacial score (nSPS) is 16.6. The van der Waals surface area contributed by atoms with Crippen LogP contribution in [0.5, 0.6) is 0 Å². The summed E-state index contributed by atoms with van der Waals surface area (Å²) in [6.07, 6.45) is 6.97. The molecule has 1 saturated heterocycles. The number of anilines is 1. The quantitative estimate of drug-likeness (QED) is 0.844. The summed E-state index contributed by atoms with van der Waals surface area (Å²) in [6.45, 7) is 3.11. The van der Waals surface area contributed by atoms with Crippen molar-refractivity contribution in [3.8, 4) is 11.4 Å². The third-order valence-corrected chi connectivity index (χ3v) is 5.56. The summed E-state index contributed by atoms with van der Waals surface area (Å²) >= 11 is 0. The zero-order valence-electron chi connectivity index (χ0n) is 15.7. The van der Waals surface area contributed by atoms with E-state index in [4.69, 9.17) is 10.7 Å². The molecule has 8 heteroatoms. The SMILES string of the molecule is CC(=O)N1CCC(Nc2ncc3c(n2)-c2c(c(C(N)=O)cn2C)CC3)CC1. The van der Waals surface area contributed by atoms with E-state index >= 15 is 0 Å². The molecule has 2 aliphatic rings. The molecule has 4 rings (SSSR count). The lowest BCUT2D eigenvalue weighted by molar-refractivity contribution is -0.129. The van der Waals surface area contributed by atoms with Gasteiger partial charge < -0.3 is 20.5 Å². The number of rotatable bonds is 3. The van der Waals surface area contributed by atoms with E-state index in [9.17, 15) is 9.59 Å². The maximum Gasteiger partial charge on any atom is 0.250 e. The highest BCUT2D eigenvalue weighted by Crippen LogP contribution is 2.35. The fourth-order valence-electron chi connectivity index (χ4n) is 4.10. The first kappa shape index (κ1) is 17.5. The monoisotopic (exact) mass is 368 g/mol. The minimum absolute atomic E-state index is 0.125. The molecule has 0 unspecified atom stereocenters.